The van der Waals surface area contributed by atoms with E-state index in [-0.39, 0.29) is 0 Å². The lowest BCUT2D eigenvalue weighted by atomic mass is 9.97. The van der Waals surface area contributed by atoms with Crippen molar-refractivity contribution in [3.8, 4) is 44.7 Å². The van der Waals surface area contributed by atoms with E-state index in [1.807, 2.05) is 12.1 Å². The Hall–Kier alpha value is -7.16. The smallest absolute Gasteiger partial charge is 0.138 e. The monoisotopic (exact) mass is 703 g/mol. The van der Waals surface area contributed by atoms with E-state index in [0.29, 0.717) is 0 Å². The first-order valence-electron chi connectivity index (χ1n) is 18.8. The van der Waals surface area contributed by atoms with Gasteiger partial charge in [-0.2, -0.15) is 0 Å². The molecule has 0 saturated carbocycles. The van der Waals surface area contributed by atoms with Gasteiger partial charge >= 0.3 is 0 Å². The largest absolute Gasteiger partial charge is 0.456 e. The Balaban J connectivity index is 0.915. The average Bonchev–Trinajstić information content (AvgIpc) is 3.60. The van der Waals surface area contributed by atoms with Gasteiger partial charge in [-0.3, -0.25) is 0 Å². The van der Waals surface area contributed by atoms with Gasteiger partial charge in [0.25, 0.3) is 0 Å². The summed E-state index contributed by atoms with van der Waals surface area (Å²) in [6.45, 7) is 2.14. The first kappa shape index (κ1) is 32.5. The van der Waals surface area contributed by atoms with Crippen LogP contribution in [0.4, 0.5) is 17.1 Å². The highest BCUT2D eigenvalue weighted by Gasteiger charge is 2.15. The predicted molar refractivity (Wildman–Crippen MR) is 232 cm³/mol. The van der Waals surface area contributed by atoms with Crippen molar-refractivity contribution in [3.63, 3.8) is 0 Å². The summed E-state index contributed by atoms with van der Waals surface area (Å²) in [4.78, 5) is 2.32. The summed E-state index contributed by atoms with van der Waals surface area (Å²) >= 11 is 0. The number of anilines is 3. The Kier molecular flexibility index (Phi) is 8.08. The lowest BCUT2D eigenvalue weighted by molar-refractivity contribution is 0.629. The number of furan rings is 1. The molecule has 0 aliphatic heterocycles. The zero-order valence-corrected chi connectivity index (χ0v) is 30.5. The molecule has 0 bridgehead atoms. The van der Waals surface area contributed by atoms with Gasteiger partial charge in [0.05, 0.1) is 0 Å². The van der Waals surface area contributed by atoms with E-state index in [9.17, 15) is 0 Å². The highest BCUT2D eigenvalue weighted by atomic mass is 16.3. The minimum atomic E-state index is 0.923. The molecule has 0 radical (unpaired) electrons. The molecule has 0 fully saturated rings. The maximum Gasteiger partial charge on any atom is 0.138 e. The third kappa shape index (κ3) is 6.04. The van der Waals surface area contributed by atoms with E-state index in [1.54, 1.807) is 0 Å². The third-order valence-corrected chi connectivity index (χ3v) is 10.9. The van der Waals surface area contributed by atoms with Gasteiger partial charge < -0.3 is 9.32 Å². The topological polar surface area (TPSA) is 16.4 Å². The van der Waals surface area contributed by atoms with E-state index >= 15 is 0 Å². The zero-order valence-electron chi connectivity index (χ0n) is 30.5. The number of para-hydroxylation sites is 2. The van der Waals surface area contributed by atoms with Crippen LogP contribution in [-0.4, -0.2) is 0 Å². The Bertz CT molecular complexity index is 2960. The minimum absolute atomic E-state index is 0.923. The van der Waals surface area contributed by atoms with Crippen LogP contribution in [0.15, 0.2) is 211 Å². The Morgan fingerprint density at radius 2 is 0.818 bits per heavy atom. The number of fused-ring (bicyclic) bond motifs is 4. The Morgan fingerprint density at radius 3 is 1.51 bits per heavy atom. The lowest BCUT2D eigenvalue weighted by Crippen LogP contribution is -2.09. The molecule has 260 valence electrons. The number of aryl methyl sites for hydroxylation is 1. The van der Waals surface area contributed by atoms with Crippen LogP contribution in [0.1, 0.15) is 5.56 Å². The first-order valence-corrected chi connectivity index (χ1v) is 18.8. The van der Waals surface area contributed by atoms with Gasteiger partial charge in [0.1, 0.15) is 11.3 Å². The predicted octanol–water partition coefficient (Wildman–Crippen LogP) is 15.2. The van der Waals surface area contributed by atoms with Gasteiger partial charge in [0.15, 0.2) is 0 Å². The van der Waals surface area contributed by atoms with E-state index in [0.717, 1.165) is 44.9 Å². The molecule has 2 heteroatoms. The molecule has 0 spiro atoms. The SMILES string of the molecule is Cc1c(-c2cccc(-c3ccc(-c4ccc(N(c5ccccc5)c5ccc(-c6ccc7c(ccc8ccccc87)c6)cc5)cc4)cc3)c2)oc2ccccc12. The molecule has 10 rings (SSSR count). The van der Waals surface area contributed by atoms with Crippen LogP contribution in [0, 0.1) is 6.92 Å². The second-order valence-electron chi connectivity index (χ2n) is 14.2. The van der Waals surface area contributed by atoms with Crippen LogP contribution >= 0.6 is 0 Å². The fraction of sp³-hybridized carbons (Fsp3) is 0.0189. The van der Waals surface area contributed by atoms with Crippen molar-refractivity contribution in [2.24, 2.45) is 0 Å². The van der Waals surface area contributed by atoms with Crippen molar-refractivity contribution in [2.75, 3.05) is 4.90 Å². The van der Waals surface area contributed by atoms with Crippen LogP contribution in [0.3, 0.4) is 0 Å². The molecule has 1 aromatic heterocycles. The van der Waals surface area contributed by atoms with Crippen LogP contribution in [-0.2, 0) is 0 Å². The number of nitrogens with zero attached hydrogens (tertiary/aromatic N) is 1. The van der Waals surface area contributed by atoms with Crippen molar-refractivity contribution in [2.45, 2.75) is 6.92 Å². The van der Waals surface area contributed by atoms with Crippen molar-refractivity contribution in [1.82, 2.24) is 0 Å². The van der Waals surface area contributed by atoms with E-state index in [4.69, 9.17) is 4.42 Å². The molecule has 2 nitrogen and oxygen atoms in total. The van der Waals surface area contributed by atoms with Crippen LogP contribution in [0.2, 0.25) is 0 Å². The Morgan fingerprint density at radius 1 is 0.327 bits per heavy atom. The lowest BCUT2D eigenvalue weighted by Gasteiger charge is -2.26. The van der Waals surface area contributed by atoms with Gasteiger partial charge in [-0.15, -0.1) is 0 Å². The molecule has 55 heavy (non-hydrogen) atoms. The van der Waals surface area contributed by atoms with Gasteiger partial charge in [-0.05, 0) is 116 Å². The molecule has 9 aromatic carbocycles. The maximum absolute atomic E-state index is 6.28. The van der Waals surface area contributed by atoms with Gasteiger partial charge in [-0.1, -0.05) is 152 Å². The average molecular weight is 704 g/mol. The fourth-order valence-corrected chi connectivity index (χ4v) is 7.97. The van der Waals surface area contributed by atoms with E-state index in [1.165, 1.54) is 54.9 Å². The molecule has 0 unspecified atom stereocenters. The number of hydrogen-bond donors (Lipinski definition) is 0. The highest BCUT2D eigenvalue weighted by molar-refractivity contribution is 6.08. The van der Waals surface area contributed by atoms with Crippen LogP contribution in [0.5, 0.6) is 0 Å². The molecule has 0 amide bonds. The quantitative estimate of drug-likeness (QED) is 0.154. The van der Waals surface area contributed by atoms with Crippen molar-refractivity contribution in [1.29, 1.82) is 0 Å². The number of benzene rings is 9. The molecule has 0 saturated heterocycles. The zero-order chi connectivity index (χ0) is 36.7. The molecule has 1 heterocycles. The molecule has 10 aromatic rings. The minimum Gasteiger partial charge on any atom is -0.456 e. The second kappa shape index (κ2) is 13.7. The van der Waals surface area contributed by atoms with E-state index in [2.05, 4.69) is 206 Å². The standard InChI is InChI=1S/C53H37NO/c1-36-49-15-7-8-17-52(49)55-53(36)45-12-9-11-42(35-45)39-20-18-37(19-21-39)38-24-29-47(30-25-38)54(46-13-3-2-4-14-46)48-31-26-40(27-32-48)43-28-33-51-44(34-43)23-22-41-10-5-6-16-50(41)51/h2-35H,1H3. The van der Waals surface area contributed by atoms with Gasteiger partial charge in [0.2, 0.25) is 0 Å². The molecule has 0 aliphatic rings. The van der Waals surface area contributed by atoms with Crippen molar-refractivity contribution in [3.05, 3.63) is 212 Å². The summed E-state index contributed by atoms with van der Waals surface area (Å²) in [7, 11) is 0. The van der Waals surface area contributed by atoms with E-state index < -0.39 is 0 Å². The summed E-state index contributed by atoms with van der Waals surface area (Å²) in [6, 6.07) is 74.0. The first-order chi connectivity index (χ1) is 27.2. The second-order valence-corrected chi connectivity index (χ2v) is 14.2. The van der Waals surface area contributed by atoms with Gasteiger partial charge in [-0.25, -0.2) is 0 Å². The Labute approximate surface area is 321 Å². The molecule has 0 aliphatic carbocycles. The number of hydrogen-bond acceptors (Lipinski definition) is 2. The number of rotatable bonds is 7. The van der Waals surface area contributed by atoms with Gasteiger partial charge in [0, 0.05) is 33.6 Å². The van der Waals surface area contributed by atoms with Crippen molar-refractivity contribution >= 4 is 49.6 Å². The summed E-state index contributed by atoms with van der Waals surface area (Å²) < 4.78 is 6.28. The molecule has 0 atom stereocenters. The van der Waals surface area contributed by atoms with Crippen LogP contribution < -0.4 is 4.90 Å². The molecule has 0 N–H and O–H groups in total. The molecular formula is C53H37NO. The normalized spacial score (nSPS) is 11.4. The summed E-state index contributed by atoms with van der Waals surface area (Å²) in [5.74, 6) is 0.930. The summed E-state index contributed by atoms with van der Waals surface area (Å²) in [6.07, 6.45) is 0. The highest BCUT2D eigenvalue weighted by Crippen LogP contribution is 2.39. The van der Waals surface area contributed by atoms with Crippen LogP contribution in [0.25, 0.3) is 77.2 Å². The fourth-order valence-electron chi connectivity index (χ4n) is 7.97. The van der Waals surface area contributed by atoms with Crippen molar-refractivity contribution < 1.29 is 4.42 Å². The third-order valence-electron chi connectivity index (χ3n) is 10.9. The summed E-state index contributed by atoms with van der Waals surface area (Å²) in [5, 5.41) is 6.26. The summed E-state index contributed by atoms with van der Waals surface area (Å²) in [5.41, 5.74) is 13.6. The molecular weight excluding hydrogens is 667 g/mol. The maximum atomic E-state index is 6.28.